The lowest BCUT2D eigenvalue weighted by Gasteiger charge is -2.36. The van der Waals surface area contributed by atoms with Crippen LogP contribution in [0.5, 0.6) is 0 Å². The van der Waals surface area contributed by atoms with E-state index in [0.717, 1.165) is 43.2 Å². The van der Waals surface area contributed by atoms with Gasteiger partial charge >= 0.3 is 0 Å². The van der Waals surface area contributed by atoms with Crippen molar-refractivity contribution in [3.05, 3.63) is 83.8 Å². The van der Waals surface area contributed by atoms with Crippen molar-refractivity contribution in [1.82, 2.24) is 15.3 Å². The number of nitrogens with zero attached hydrogens (tertiary/aromatic N) is 4. The number of amides is 1. The highest BCUT2D eigenvalue weighted by Gasteiger charge is 2.19. The lowest BCUT2D eigenvalue weighted by molar-refractivity contribution is 0.0946. The van der Waals surface area contributed by atoms with Gasteiger partial charge in [0.1, 0.15) is 11.5 Å². The molecule has 6 heteroatoms. The van der Waals surface area contributed by atoms with Crippen molar-refractivity contribution in [3.8, 4) is 0 Å². The minimum atomic E-state index is -0.152. The second kappa shape index (κ2) is 8.73. The van der Waals surface area contributed by atoms with Gasteiger partial charge in [-0.15, -0.1) is 0 Å². The Morgan fingerprint density at radius 3 is 2.52 bits per heavy atom. The first-order valence-electron chi connectivity index (χ1n) is 9.90. The number of hydrogen-bond donors (Lipinski definition) is 1. The molecule has 0 saturated carbocycles. The first-order chi connectivity index (χ1) is 14.2. The normalized spacial score (nSPS) is 14.0. The minimum absolute atomic E-state index is 0.152. The second-order valence-electron chi connectivity index (χ2n) is 7.23. The zero-order valence-corrected chi connectivity index (χ0v) is 16.6. The summed E-state index contributed by atoms with van der Waals surface area (Å²) in [6, 6.07) is 18.0. The molecule has 1 aromatic carbocycles. The summed E-state index contributed by atoms with van der Waals surface area (Å²) in [5.74, 6) is 0.860. The molecule has 1 fully saturated rings. The van der Waals surface area contributed by atoms with Crippen LogP contribution in [0.2, 0.25) is 0 Å². The third-order valence-electron chi connectivity index (χ3n) is 5.13. The summed E-state index contributed by atoms with van der Waals surface area (Å²) in [4.78, 5) is 25.8. The van der Waals surface area contributed by atoms with Gasteiger partial charge < -0.3 is 15.1 Å². The molecule has 148 valence electrons. The van der Waals surface area contributed by atoms with Crippen molar-refractivity contribution in [2.45, 2.75) is 13.5 Å². The molecule has 1 aliphatic rings. The highest BCUT2D eigenvalue weighted by Crippen LogP contribution is 2.19. The maximum atomic E-state index is 12.6. The summed E-state index contributed by atoms with van der Waals surface area (Å²) in [5.41, 5.74) is 3.74. The molecule has 29 heavy (non-hydrogen) atoms. The number of carbonyl (C=O) groups excluding carboxylic acids is 1. The highest BCUT2D eigenvalue weighted by molar-refractivity contribution is 5.93. The van der Waals surface area contributed by atoms with E-state index in [9.17, 15) is 4.79 Å². The number of benzene rings is 1. The highest BCUT2D eigenvalue weighted by atomic mass is 16.1. The van der Waals surface area contributed by atoms with Crippen LogP contribution in [0.3, 0.4) is 0 Å². The molecule has 1 amide bonds. The van der Waals surface area contributed by atoms with Crippen molar-refractivity contribution in [2.75, 3.05) is 36.0 Å². The van der Waals surface area contributed by atoms with E-state index >= 15 is 0 Å². The molecule has 1 saturated heterocycles. The van der Waals surface area contributed by atoms with Crippen molar-refractivity contribution < 1.29 is 4.79 Å². The van der Waals surface area contributed by atoms with Crippen LogP contribution in [0.1, 0.15) is 21.6 Å². The molecular formula is C23H25N5O. The Labute approximate surface area is 171 Å². The molecule has 0 aliphatic carbocycles. The third kappa shape index (κ3) is 4.71. The first-order valence-corrected chi connectivity index (χ1v) is 9.90. The number of rotatable bonds is 5. The number of carbonyl (C=O) groups is 1. The second-order valence-corrected chi connectivity index (χ2v) is 7.23. The fourth-order valence-electron chi connectivity index (χ4n) is 3.57. The van der Waals surface area contributed by atoms with E-state index < -0.39 is 0 Å². The molecule has 0 unspecified atom stereocenters. The number of piperazine rings is 1. The van der Waals surface area contributed by atoms with Crippen LogP contribution >= 0.6 is 0 Å². The Kier molecular flexibility index (Phi) is 5.70. The summed E-state index contributed by atoms with van der Waals surface area (Å²) in [7, 11) is 0. The van der Waals surface area contributed by atoms with Crippen molar-refractivity contribution >= 4 is 17.4 Å². The number of aromatic nitrogens is 2. The fourth-order valence-corrected chi connectivity index (χ4v) is 3.57. The van der Waals surface area contributed by atoms with E-state index in [1.54, 1.807) is 6.20 Å². The quantitative estimate of drug-likeness (QED) is 0.729. The van der Waals surface area contributed by atoms with Gasteiger partial charge in [0, 0.05) is 50.8 Å². The number of pyridine rings is 2. The van der Waals surface area contributed by atoms with Gasteiger partial charge in [-0.1, -0.05) is 35.9 Å². The zero-order chi connectivity index (χ0) is 20.1. The summed E-state index contributed by atoms with van der Waals surface area (Å²) >= 11 is 0. The monoisotopic (exact) mass is 387 g/mol. The lowest BCUT2D eigenvalue weighted by Crippen LogP contribution is -2.46. The maximum absolute atomic E-state index is 12.6. The number of anilines is 2. The van der Waals surface area contributed by atoms with E-state index in [1.165, 1.54) is 5.56 Å². The van der Waals surface area contributed by atoms with Crippen LogP contribution in [0.15, 0.2) is 67.0 Å². The standard InChI is InChI=1S/C23H25N5O/c1-18-5-4-6-19(15-18)17-26-23(29)21-16-20(8-10-24-21)27-11-13-28(14-12-27)22-7-2-3-9-25-22/h2-10,15-16H,11-14,17H2,1H3,(H,26,29). The van der Waals surface area contributed by atoms with E-state index in [2.05, 4.69) is 31.2 Å². The molecule has 2 aromatic heterocycles. The smallest absolute Gasteiger partial charge is 0.270 e. The van der Waals surface area contributed by atoms with E-state index in [1.807, 2.05) is 61.7 Å². The number of aryl methyl sites for hydroxylation is 1. The van der Waals surface area contributed by atoms with Gasteiger partial charge in [-0.3, -0.25) is 9.78 Å². The average molecular weight is 387 g/mol. The van der Waals surface area contributed by atoms with Gasteiger partial charge in [-0.2, -0.15) is 0 Å². The molecule has 3 heterocycles. The van der Waals surface area contributed by atoms with Gasteiger partial charge in [-0.25, -0.2) is 4.98 Å². The predicted molar refractivity (Wildman–Crippen MR) is 115 cm³/mol. The Morgan fingerprint density at radius 1 is 0.931 bits per heavy atom. The van der Waals surface area contributed by atoms with Crippen LogP contribution in [0.4, 0.5) is 11.5 Å². The predicted octanol–water partition coefficient (Wildman–Crippen LogP) is 3.04. The van der Waals surface area contributed by atoms with Crippen LogP contribution in [0.25, 0.3) is 0 Å². The van der Waals surface area contributed by atoms with Crippen molar-refractivity contribution in [1.29, 1.82) is 0 Å². The fraction of sp³-hybridized carbons (Fsp3) is 0.261. The summed E-state index contributed by atoms with van der Waals surface area (Å²) in [6.07, 6.45) is 3.54. The lowest BCUT2D eigenvalue weighted by atomic mass is 10.1. The molecule has 1 N–H and O–H groups in total. The maximum Gasteiger partial charge on any atom is 0.270 e. The largest absolute Gasteiger partial charge is 0.368 e. The average Bonchev–Trinajstić information content (AvgIpc) is 2.78. The van der Waals surface area contributed by atoms with Crippen molar-refractivity contribution in [2.24, 2.45) is 0 Å². The Balaban J connectivity index is 1.37. The van der Waals surface area contributed by atoms with Gasteiger partial charge in [0.25, 0.3) is 5.91 Å². The number of nitrogens with one attached hydrogen (secondary N) is 1. The molecule has 4 rings (SSSR count). The van der Waals surface area contributed by atoms with Crippen molar-refractivity contribution in [3.63, 3.8) is 0 Å². The first kappa shape index (κ1) is 18.9. The molecule has 3 aromatic rings. The molecule has 0 spiro atoms. The summed E-state index contributed by atoms with van der Waals surface area (Å²) in [5, 5.41) is 2.96. The Hall–Kier alpha value is -3.41. The Bertz CT molecular complexity index is 968. The van der Waals surface area contributed by atoms with Crippen LogP contribution in [-0.2, 0) is 6.54 Å². The number of hydrogen-bond acceptors (Lipinski definition) is 5. The Morgan fingerprint density at radius 2 is 1.76 bits per heavy atom. The van der Waals surface area contributed by atoms with E-state index in [0.29, 0.717) is 12.2 Å². The molecular weight excluding hydrogens is 362 g/mol. The molecule has 0 radical (unpaired) electrons. The van der Waals surface area contributed by atoms with Gasteiger partial charge in [0.05, 0.1) is 0 Å². The topological polar surface area (TPSA) is 61.4 Å². The van der Waals surface area contributed by atoms with Gasteiger partial charge in [0.15, 0.2) is 0 Å². The molecule has 0 atom stereocenters. The van der Waals surface area contributed by atoms with Gasteiger partial charge in [-0.05, 0) is 36.8 Å². The van der Waals surface area contributed by atoms with Crippen LogP contribution < -0.4 is 15.1 Å². The van der Waals surface area contributed by atoms with Gasteiger partial charge in [0.2, 0.25) is 0 Å². The SMILES string of the molecule is Cc1cccc(CNC(=O)c2cc(N3CCN(c4ccccn4)CC3)ccn2)c1. The zero-order valence-electron chi connectivity index (χ0n) is 16.6. The van der Waals surface area contributed by atoms with Crippen LogP contribution in [-0.4, -0.2) is 42.1 Å². The molecule has 0 bridgehead atoms. The summed E-state index contributed by atoms with van der Waals surface area (Å²) < 4.78 is 0. The third-order valence-corrected chi connectivity index (χ3v) is 5.13. The minimum Gasteiger partial charge on any atom is -0.368 e. The van der Waals surface area contributed by atoms with E-state index in [-0.39, 0.29) is 5.91 Å². The molecule has 1 aliphatic heterocycles. The molecule has 6 nitrogen and oxygen atoms in total. The van der Waals surface area contributed by atoms with Crippen LogP contribution in [0, 0.1) is 6.92 Å². The van der Waals surface area contributed by atoms with E-state index in [4.69, 9.17) is 0 Å². The summed E-state index contributed by atoms with van der Waals surface area (Å²) in [6.45, 7) is 6.09.